The molecule has 1 aliphatic rings. The maximum atomic E-state index is 13.2. The number of hydrogen-bond donors (Lipinski definition) is 3. The number of hydrogen-bond acceptors (Lipinski definition) is 8. The molecule has 2 rings (SSSR count). The Morgan fingerprint density at radius 2 is 1.76 bits per heavy atom. The average molecular weight is 580 g/mol. The standard InChI is InChI=1S/C32H57N3O6/c1-22(2)26(17-25-9-10-30(39-7)31(18-25)41-14-8-13-38-6)19-28(33)29(36)20-27(23(3)4)32(37)34-24(5)21-35-11-15-40-16-12-35/h9-10,18,22-24,26-29,36H,8,11-17,19-21,33H2,1-7H3,(H,34,37)/t24?,26-,27-,28-,29-/m0/s1. The Kier molecular flexibility index (Phi) is 16.0. The van der Waals surface area contributed by atoms with Gasteiger partial charge in [-0.2, -0.15) is 0 Å². The number of aliphatic hydroxyl groups is 1. The molecule has 1 saturated heterocycles. The molecule has 0 spiro atoms. The van der Waals surface area contributed by atoms with Crippen LogP contribution < -0.4 is 20.5 Å². The Morgan fingerprint density at radius 3 is 2.37 bits per heavy atom. The van der Waals surface area contributed by atoms with Crippen LogP contribution in [0.25, 0.3) is 0 Å². The molecule has 1 unspecified atom stereocenters. The highest BCUT2D eigenvalue weighted by Gasteiger charge is 2.30. The first kappa shape index (κ1) is 35.3. The van der Waals surface area contributed by atoms with Crippen molar-refractivity contribution in [2.45, 2.75) is 78.5 Å². The summed E-state index contributed by atoms with van der Waals surface area (Å²) in [4.78, 5) is 15.5. The Labute approximate surface area is 248 Å². The summed E-state index contributed by atoms with van der Waals surface area (Å²) in [7, 11) is 3.32. The minimum Gasteiger partial charge on any atom is -0.493 e. The Bertz CT molecular complexity index is 877. The van der Waals surface area contributed by atoms with Gasteiger partial charge < -0.3 is 35.1 Å². The van der Waals surface area contributed by atoms with Gasteiger partial charge >= 0.3 is 0 Å². The zero-order valence-electron chi connectivity index (χ0n) is 26.6. The molecule has 1 aromatic rings. The zero-order valence-corrected chi connectivity index (χ0v) is 26.6. The normalized spacial score (nSPS) is 18.1. The van der Waals surface area contributed by atoms with Gasteiger partial charge in [-0.1, -0.05) is 33.8 Å². The number of morpholine rings is 1. The molecule has 1 aliphatic heterocycles. The largest absolute Gasteiger partial charge is 0.493 e. The van der Waals surface area contributed by atoms with Crippen molar-refractivity contribution in [3.8, 4) is 11.5 Å². The third-order valence-corrected chi connectivity index (χ3v) is 8.15. The smallest absolute Gasteiger partial charge is 0.223 e. The number of ether oxygens (including phenoxy) is 4. The SMILES string of the molecule is COCCCOc1cc(C[C@@H](C[C@H](N)[C@@H](O)C[C@H](C(=O)NC(C)CN2CCOCC2)C(C)C)C(C)C)ccc1OC. The molecule has 0 bridgehead atoms. The van der Waals surface area contributed by atoms with Crippen molar-refractivity contribution < 1.29 is 28.8 Å². The summed E-state index contributed by atoms with van der Waals surface area (Å²) in [5, 5.41) is 14.3. The molecule has 9 heteroatoms. The number of benzene rings is 1. The number of nitrogens with zero attached hydrogens (tertiary/aromatic N) is 1. The summed E-state index contributed by atoms with van der Waals surface area (Å²) in [5.74, 6) is 1.83. The quantitative estimate of drug-likeness (QED) is 0.213. The molecule has 1 heterocycles. The molecule has 4 N–H and O–H groups in total. The molecule has 0 radical (unpaired) electrons. The number of carbonyl (C=O) groups excluding carboxylic acids is 1. The Morgan fingerprint density at radius 1 is 1.05 bits per heavy atom. The van der Waals surface area contributed by atoms with E-state index in [9.17, 15) is 9.90 Å². The van der Waals surface area contributed by atoms with Crippen molar-refractivity contribution in [3.63, 3.8) is 0 Å². The van der Waals surface area contributed by atoms with E-state index in [-0.39, 0.29) is 29.7 Å². The van der Waals surface area contributed by atoms with Crippen molar-refractivity contribution in [2.24, 2.45) is 29.4 Å². The number of nitrogens with one attached hydrogen (secondary N) is 1. The van der Waals surface area contributed by atoms with E-state index < -0.39 is 12.1 Å². The van der Waals surface area contributed by atoms with Gasteiger partial charge in [0.1, 0.15) is 0 Å². The highest BCUT2D eigenvalue weighted by atomic mass is 16.5. The monoisotopic (exact) mass is 579 g/mol. The van der Waals surface area contributed by atoms with Crippen molar-refractivity contribution in [3.05, 3.63) is 23.8 Å². The first-order chi connectivity index (χ1) is 19.5. The van der Waals surface area contributed by atoms with Gasteiger partial charge in [-0.25, -0.2) is 0 Å². The van der Waals surface area contributed by atoms with Crippen LogP contribution in [-0.2, 0) is 20.7 Å². The lowest BCUT2D eigenvalue weighted by Crippen LogP contribution is -2.49. The molecule has 0 aromatic heterocycles. The lowest BCUT2D eigenvalue weighted by atomic mass is 9.80. The zero-order chi connectivity index (χ0) is 30.4. The Hall–Kier alpha value is -1.91. The van der Waals surface area contributed by atoms with Crippen LogP contribution in [0.1, 0.15) is 59.4 Å². The van der Waals surface area contributed by atoms with E-state index in [2.05, 4.69) is 30.1 Å². The fraction of sp³-hybridized carbons (Fsp3) is 0.781. The maximum Gasteiger partial charge on any atom is 0.223 e. The molecule has 1 amide bonds. The van der Waals surface area contributed by atoms with E-state index in [1.54, 1.807) is 14.2 Å². The predicted octanol–water partition coefficient (Wildman–Crippen LogP) is 3.50. The first-order valence-corrected chi connectivity index (χ1v) is 15.4. The van der Waals surface area contributed by atoms with Crippen LogP contribution >= 0.6 is 0 Å². The van der Waals surface area contributed by atoms with Crippen LogP contribution in [0.4, 0.5) is 0 Å². The molecular weight excluding hydrogens is 522 g/mol. The molecule has 0 saturated carbocycles. The molecular formula is C32H57N3O6. The highest BCUT2D eigenvalue weighted by molar-refractivity contribution is 5.79. The van der Waals surface area contributed by atoms with Gasteiger partial charge in [-0.05, 0) is 61.6 Å². The number of rotatable bonds is 19. The van der Waals surface area contributed by atoms with Crippen molar-refractivity contribution in [1.29, 1.82) is 0 Å². The molecule has 0 aliphatic carbocycles. The summed E-state index contributed by atoms with van der Waals surface area (Å²) in [6.07, 6.45) is 1.85. The van der Waals surface area contributed by atoms with Gasteiger partial charge in [0.2, 0.25) is 5.91 Å². The number of amides is 1. The fourth-order valence-corrected chi connectivity index (χ4v) is 5.43. The van der Waals surface area contributed by atoms with E-state index in [1.807, 2.05) is 32.9 Å². The second kappa shape index (κ2) is 18.6. The van der Waals surface area contributed by atoms with Crippen LogP contribution in [0.5, 0.6) is 11.5 Å². The topological polar surface area (TPSA) is 116 Å². The van der Waals surface area contributed by atoms with Crippen molar-refractivity contribution >= 4 is 5.91 Å². The summed E-state index contributed by atoms with van der Waals surface area (Å²) >= 11 is 0. The number of nitrogens with two attached hydrogens (primary N) is 1. The molecule has 1 aromatic carbocycles. The molecule has 9 nitrogen and oxygen atoms in total. The summed E-state index contributed by atoms with van der Waals surface area (Å²) in [5.41, 5.74) is 7.74. The highest BCUT2D eigenvalue weighted by Crippen LogP contribution is 2.31. The van der Waals surface area contributed by atoms with Gasteiger partial charge in [0.25, 0.3) is 0 Å². The first-order valence-electron chi connectivity index (χ1n) is 15.4. The van der Waals surface area contributed by atoms with Crippen LogP contribution in [0.2, 0.25) is 0 Å². The van der Waals surface area contributed by atoms with Crippen LogP contribution in [-0.4, -0.2) is 94.4 Å². The van der Waals surface area contributed by atoms with Gasteiger partial charge in [0.15, 0.2) is 11.5 Å². The Balaban J connectivity index is 1.97. The minimum atomic E-state index is -0.764. The summed E-state index contributed by atoms with van der Waals surface area (Å²) in [6, 6.07) is 5.65. The van der Waals surface area contributed by atoms with E-state index in [0.717, 1.165) is 57.0 Å². The third kappa shape index (κ3) is 12.5. The van der Waals surface area contributed by atoms with Crippen LogP contribution in [0.15, 0.2) is 18.2 Å². The van der Waals surface area contributed by atoms with Crippen LogP contribution in [0.3, 0.4) is 0 Å². The molecule has 41 heavy (non-hydrogen) atoms. The van der Waals surface area contributed by atoms with E-state index >= 15 is 0 Å². The van der Waals surface area contributed by atoms with E-state index in [1.165, 1.54) is 0 Å². The minimum absolute atomic E-state index is 0.0105. The number of carbonyl (C=O) groups is 1. The van der Waals surface area contributed by atoms with Gasteiger partial charge in [-0.3, -0.25) is 9.69 Å². The van der Waals surface area contributed by atoms with Gasteiger partial charge in [-0.15, -0.1) is 0 Å². The van der Waals surface area contributed by atoms with Crippen LogP contribution in [0, 0.1) is 23.7 Å². The van der Waals surface area contributed by atoms with Gasteiger partial charge in [0, 0.05) is 57.8 Å². The average Bonchev–Trinajstić information content (AvgIpc) is 2.93. The molecule has 236 valence electrons. The van der Waals surface area contributed by atoms with E-state index in [0.29, 0.717) is 37.7 Å². The predicted molar refractivity (Wildman–Crippen MR) is 163 cm³/mol. The summed E-state index contributed by atoms with van der Waals surface area (Å²) in [6.45, 7) is 15.7. The lowest BCUT2D eigenvalue weighted by Gasteiger charge is -2.32. The van der Waals surface area contributed by atoms with E-state index in [4.69, 9.17) is 24.7 Å². The second-order valence-corrected chi connectivity index (χ2v) is 12.3. The summed E-state index contributed by atoms with van der Waals surface area (Å²) < 4.78 is 22.0. The molecule has 5 atom stereocenters. The van der Waals surface area contributed by atoms with Crippen molar-refractivity contribution in [1.82, 2.24) is 10.2 Å². The lowest BCUT2D eigenvalue weighted by molar-refractivity contribution is -0.128. The third-order valence-electron chi connectivity index (χ3n) is 8.15. The fourth-order valence-electron chi connectivity index (χ4n) is 5.43. The number of methoxy groups -OCH3 is 2. The second-order valence-electron chi connectivity index (χ2n) is 12.3. The molecule has 1 fully saturated rings. The van der Waals surface area contributed by atoms with Gasteiger partial charge in [0.05, 0.1) is 33.0 Å². The van der Waals surface area contributed by atoms with Crippen molar-refractivity contribution in [2.75, 3.05) is 60.3 Å². The maximum absolute atomic E-state index is 13.2. The number of aliphatic hydroxyl groups excluding tert-OH is 1.